The van der Waals surface area contributed by atoms with Gasteiger partial charge in [-0.1, -0.05) is 43.7 Å². The highest BCUT2D eigenvalue weighted by Crippen LogP contribution is 2.18. The van der Waals surface area contributed by atoms with Crippen molar-refractivity contribution in [3.05, 3.63) is 66.7 Å². The topological polar surface area (TPSA) is 90.4 Å². The first kappa shape index (κ1) is 21.7. The monoisotopic (exact) mass is 427 g/mol. The number of aromatic nitrogens is 2. The number of nitrogens with zero attached hydrogens (tertiary/aromatic N) is 2. The molecule has 0 radical (unpaired) electrons. The zero-order valence-electron chi connectivity index (χ0n) is 16.8. The Balaban J connectivity index is 1.46. The summed E-state index contributed by atoms with van der Waals surface area (Å²) in [5.74, 6) is 0.991. The molecule has 158 valence electrons. The third kappa shape index (κ3) is 6.27. The number of sulfonamides is 1. The highest BCUT2D eigenvalue weighted by atomic mass is 32.2. The zero-order valence-corrected chi connectivity index (χ0v) is 17.6. The average Bonchev–Trinajstić information content (AvgIpc) is 2.78. The van der Waals surface area contributed by atoms with E-state index in [9.17, 15) is 8.42 Å². The Morgan fingerprint density at radius 2 is 1.63 bits per heavy atom. The molecule has 0 saturated heterocycles. The maximum atomic E-state index is 12.4. The summed E-state index contributed by atoms with van der Waals surface area (Å²) < 4.78 is 38.3. The van der Waals surface area contributed by atoms with Crippen molar-refractivity contribution in [1.29, 1.82) is 0 Å². The van der Waals surface area contributed by atoms with Crippen LogP contribution in [-0.2, 0) is 10.0 Å². The molecule has 0 atom stereocenters. The lowest BCUT2D eigenvalue weighted by Crippen LogP contribution is -2.28. The minimum Gasteiger partial charge on any atom is -0.494 e. The first-order valence-electron chi connectivity index (χ1n) is 9.83. The van der Waals surface area contributed by atoms with Gasteiger partial charge in [-0.15, -0.1) is 10.2 Å². The lowest BCUT2D eigenvalue weighted by Gasteiger charge is -2.09. The Kier molecular flexibility index (Phi) is 7.75. The molecule has 0 saturated carbocycles. The summed E-state index contributed by atoms with van der Waals surface area (Å²) in [5.41, 5.74) is 1.71. The van der Waals surface area contributed by atoms with Gasteiger partial charge in [0.15, 0.2) is 0 Å². The fourth-order valence-corrected chi connectivity index (χ4v) is 3.64. The van der Waals surface area contributed by atoms with Crippen LogP contribution in [0.2, 0.25) is 0 Å². The molecule has 7 nitrogen and oxygen atoms in total. The van der Waals surface area contributed by atoms with E-state index < -0.39 is 10.0 Å². The Morgan fingerprint density at radius 1 is 0.867 bits per heavy atom. The highest BCUT2D eigenvalue weighted by molar-refractivity contribution is 7.89. The Hall–Kier alpha value is -2.97. The largest absolute Gasteiger partial charge is 0.494 e. The lowest BCUT2D eigenvalue weighted by molar-refractivity contribution is 0.307. The molecule has 3 aromatic rings. The third-order valence-corrected chi connectivity index (χ3v) is 5.73. The van der Waals surface area contributed by atoms with E-state index in [-0.39, 0.29) is 18.0 Å². The van der Waals surface area contributed by atoms with E-state index in [0.717, 1.165) is 24.1 Å². The van der Waals surface area contributed by atoms with E-state index in [1.165, 1.54) is 12.1 Å². The number of rotatable bonds is 11. The third-order valence-electron chi connectivity index (χ3n) is 4.25. The molecule has 8 heteroatoms. The van der Waals surface area contributed by atoms with Crippen molar-refractivity contribution in [2.45, 2.75) is 24.7 Å². The van der Waals surface area contributed by atoms with Gasteiger partial charge in [0.05, 0.1) is 17.2 Å². The predicted molar refractivity (Wildman–Crippen MR) is 115 cm³/mol. The molecule has 0 fully saturated rings. The predicted octanol–water partition coefficient (Wildman–Crippen LogP) is 3.68. The van der Waals surface area contributed by atoms with Crippen LogP contribution in [0.25, 0.3) is 11.3 Å². The van der Waals surface area contributed by atoms with Crippen LogP contribution in [0, 0.1) is 0 Å². The van der Waals surface area contributed by atoms with Gasteiger partial charge in [-0.25, -0.2) is 13.1 Å². The van der Waals surface area contributed by atoms with Gasteiger partial charge in [0.2, 0.25) is 15.9 Å². The van der Waals surface area contributed by atoms with Gasteiger partial charge in [-0.2, -0.15) is 0 Å². The summed E-state index contributed by atoms with van der Waals surface area (Å²) >= 11 is 0. The van der Waals surface area contributed by atoms with Crippen molar-refractivity contribution in [3.63, 3.8) is 0 Å². The van der Waals surface area contributed by atoms with Crippen LogP contribution in [0.4, 0.5) is 0 Å². The maximum Gasteiger partial charge on any atom is 0.240 e. The number of hydrogen-bond acceptors (Lipinski definition) is 6. The van der Waals surface area contributed by atoms with Crippen LogP contribution in [0.5, 0.6) is 11.6 Å². The van der Waals surface area contributed by atoms with Crippen LogP contribution in [0.3, 0.4) is 0 Å². The molecule has 2 aromatic carbocycles. The van der Waals surface area contributed by atoms with Crippen molar-refractivity contribution in [3.8, 4) is 22.9 Å². The minimum atomic E-state index is -3.62. The first-order chi connectivity index (χ1) is 14.6. The van der Waals surface area contributed by atoms with Crippen molar-refractivity contribution in [2.75, 3.05) is 19.8 Å². The molecule has 1 N–H and O–H groups in total. The highest BCUT2D eigenvalue weighted by Gasteiger charge is 2.13. The maximum absolute atomic E-state index is 12.4. The van der Waals surface area contributed by atoms with E-state index >= 15 is 0 Å². The normalized spacial score (nSPS) is 11.2. The van der Waals surface area contributed by atoms with E-state index in [1.807, 2.05) is 36.4 Å². The second-order valence-electron chi connectivity index (χ2n) is 6.54. The molecule has 0 unspecified atom stereocenters. The summed E-state index contributed by atoms with van der Waals surface area (Å²) in [6, 6.07) is 19.6. The number of unbranched alkanes of at least 4 members (excludes halogenated alkanes) is 1. The van der Waals surface area contributed by atoms with Crippen molar-refractivity contribution >= 4 is 10.0 Å². The molecule has 0 bridgehead atoms. The molecule has 0 amide bonds. The van der Waals surface area contributed by atoms with Crippen molar-refractivity contribution < 1.29 is 17.9 Å². The number of benzene rings is 2. The van der Waals surface area contributed by atoms with Crippen LogP contribution in [0.1, 0.15) is 19.8 Å². The van der Waals surface area contributed by atoms with Gasteiger partial charge in [0.25, 0.3) is 0 Å². The molecule has 0 aliphatic rings. The van der Waals surface area contributed by atoms with E-state index in [4.69, 9.17) is 9.47 Å². The Labute approximate surface area is 177 Å². The molecule has 0 spiro atoms. The fraction of sp³-hybridized carbons (Fsp3) is 0.273. The second-order valence-corrected chi connectivity index (χ2v) is 8.31. The van der Waals surface area contributed by atoms with Crippen LogP contribution in [0.15, 0.2) is 71.6 Å². The smallest absolute Gasteiger partial charge is 0.240 e. The lowest BCUT2D eigenvalue weighted by atomic mass is 10.1. The van der Waals surface area contributed by atoms with Gasteiger partial charge in [0.1, 0.15) is 12.4 Å². The van der Waals surface area contributed by atoms with Gasteiger partial charge in [0, 0.05) is 18.2 Å². The zero-order chi connectivity index (χ0) is 21.2. The van der Waals surface area contributed by atoms with E-state index in [1.54, 1.807) is 18.2 Å². The van der Waals surface area contributed by atoms with Crippen LogP contribution in [-0.4, -0.2) is 38.4 Å². The van der Waals surface area contributed by atoms with Crippen molar-refractivity contribution in [1.82, 2.24) is 14.9 Å². The first-order valence-corrected chi connectivity index (χ1v) is 11.3. The molecular weight excluding hydrogens is 402 g/mol. The molecule has 0 aliphatic heterocycles. The van der Waals surface area contributed by atoms with Crippen LogP contribution >= 0.6 is 0 Å². The Morgan fingerprint density at radius 3 is 2.30 bits per heavy atom. The number of nitrogens with one attached hydrogen (secondary N) is 1. The fourth-order valence-electron chi connectivity index (χ4n) is 2.62. The van der Waals surface area contributed by atoms with Gasteiger partial charge in [-0.3, -0.25) is 0 Å². The van der Waals surface area contributed by atoms with Crippen molar-refractivity contribution in [2.24, 2.45) is 0 Å². The van der Waals surface area contributed by atoms with Gasteiger partial charge >= 0.3 is 0 Å². The number of ether oxygens (including phenoxy) is 2. The average molecular weight is 428 g/mol. The summed E-state index contributed by atoms with van der Waals surface area (Å²) in [6.45, 7) is 2.95. The SMILES string of the molecule is CCCCOc1ccc(S(=O)(=O)NCCOc2ccc(-c3ccccc3)nn2)cc1. The Bertz CT molecular complexity index is 1010. The summed E-state index contributed by atoms with van der Waals surface area (Å²) in [6.07, 6.45) is 2.00. The quantitative estimate of drug-likeness (QED) is 0.470. The minimum absolute atomic E-state index is 0.110. The van der Waals surface area contributed by atoms with E-state index in [2.05, 4.69) is 21.8 Å². The molecule has 3 rings (SSSR count). The molecule has 1 heterocycles. The van der Waals surface area contributed by atoms with Gasteiger partial charge in [-0.05, 0) is 36.8 Å². The molecule has 30 heavy (non-hydrogen) atoms. The molecular formula is C22H25N3O4S. The summed E-state index contributed by atoms with van der Waals surface area (Å²) in [5, 5.41) is 8.16. The van der Waals surface area contributed by atoms with E-state index in [0.29, 0.717) is 18.2 Å². The second kappa shape index (κ2) is 10.7. The van der Waals surface area contributed by atoms with Crippen LogP contribution < -0.4 is 14.2 Å². The summed E-state index contributed by atoms with van der Waals surface area (Å²) in [7, 11) is -3.62. The molecule has 1 aromatic heterocycles. The number of hydrogen-bond donors (Lipinski definition) is 1. The molecule has 0 aliphatic carbocycles. The summed E-state index contributed by atoms with van der Waals surface area (Å²) in [4.78, 5) is 0.178. The standard InChI is InChI=1S/C22H25N3O4S/c1-2-3-16-28-19-9-11-20(12-10-19)30(26,27)23-15-17-29-22-14-13-21(24-25-22)18-7-5-4-6-8-18/h4-14,23H,2-3,15-17H2,1H3. The van der Waals surface area contributed by atoms with Gasteiger partial charge < -0.3 is 9.47 Å².